The van der Waals surface area contributed by atoms with Gasteiger partial charge in [-0.2, -0.15) is 0 Å². The lowest BCUT2D eigenvalue weighted by molar-refractivity contribution is 0.106. The number of nitrogens with zero attached hydrogens (tertiary/aromatic N) is 2. The van der Waals surface area contributed by atoms with Gasteiger partial charge in [-0.05, 0) is 24.1 Å². The molecule has 0 amide bonds. The summed E-state index contributed by atoms with van der Waals surface area (Å²) in [5.41, 5.74) is 2.95. The van der Waals surface area contributed by atoms with Gasteiger partial charge in [0.25, 0.3) is 0 Å². The van der Waals surface area contributed by atoms with Gasteiger partial charge in [0.05, 0.1) is 11.8 Å². The predicted molar refractivity (Wildman–Crippen MR) is 115 cm³/mol. The van der Waals surface area contributed by atoms with Crippen molar-refractivity contribution in [2.45, 2.75) is 39.3 Å². The van der Waals surface area contributed by atoms with Gasteiger partial charge in [0.2, 0.25) is 0 Å². The van der Waals surface area contributed by atoms with E-state index in [0.29, 0.717) is 19.0 Å². The molecule has 0 saturated heterocycles. The largest absolute Gasteiger partial charge is 0.375 e. The van der Waals surface area contributed by atoms with Crippen LogP contribution in [0.25, 0.3) is 0 Å². The number of ether oxygens (including phenoxy) is 1. The Balaban J connectivity index is 0.00000364. The molecule has 27 heavy (non-hydrogen) atoms. The molecule has 2 N–H and O–H groups in total. The molecule has 1 atom stereocenters. The molecule has 6 nitrogen and oxygen atoms in total. The zero-order valence-corrected chi connectivity index (χ0v) is 18.5. The van der Waals surface area contributed by atoms with Crippen molar-refractivity contribution in [2.75, 3.05) is 20.7 Å². The predicted octanol–water partition coefficient (Wildman–Crippen LogP) is 3.61. The van der Waals surface area contributed by atoms with Gasteiger partial charge in [-0.25, -0.2) is 4.39 Å². The Bertz CT molecular complexity index is 697. The Kier molecular flexibility index (Phi) is 10.3. The van der Waals surface area contributed by atoms with Crippen LogP contribution >= 0.6 is 24.0 Å². The monoisotopic (exact) mass is 490 g/mol. The summed E-state index contributed by atoms with van der Waals surface area (Å²) in [6, 6.07) is 6.30. The lowest BCUT2D eigenvalue weighted by Gasteiger charge is -2.19. The van der Waals surface area contributed by atoms with E-state index in [0.717, 1.165) is 35.4 Å². The van der Waals surface area contributed by atoms with Crippen LogP contribution in [0.15, 0.2) is 33.8 Å². The molecule has 8 heteroatoms. The third-order valence-corrected chi connectivity index (χ3v) is 4.24. The summed E-state index contributed by atoms with van der Waals surface area (Å²) >= 11 is 0. The Morgan fingerprint density at radius 3 is 2.48 bits per heavy atom. The van der Waals surface area contributed by atoms with E-state index >= 15 is 0 Å². The van der Waals surface area contributed by atoms with E-state index in [9.17, 15) is 4.39 Å². The van der Waals surface area contributed by atoms with Crippen LogP contribution in [-0.2, 0) is 24.1 Å². The molecular formula is C19H28FIN4O2. The standard InChI is InChI=1S/C19H27FN4O2.HI/c1-5-16-15(17(6-2)26-24-16)11-22-19(21-3)23-12-18(25-4)13-7-9-14(20)10-8-13;/h7-10,18H,5-6,11-12H2,1-4H3,(H2,21,22,23);1H. The molecule has 0 aliphatic carbocycles. The first-order chi connectivity index (χ1) is 12.6. The maximum absolute atomic E-state index is 13.1. The molecule has 150 valence electrons. The zero-order chi connectivity index (χ0) is 18.9. The zero-order valence-electron chi connectivity index (χ0n) is 16.2. The minimum Gasteiger partial charge on any atom is -0.375 e. The van der Waals surface area contributed by atoms with E-state index in [1.54, 1.807) is 26.3 Å². The summed E-state index contributed by atoms with van der Waals surface area (Å²) in [4.78, 5) is 4.24. The number of methoxy groups -OCH3 is 1. The van der Waals surface area contributed by atoms with Gasteiger partial charge in [0, 0.05) is 39.2 Å². The number of guanidine groups is 1. The summed E-state index contributed by atoms with van der Waals surface area (Å²) in [5.74, 6) is 1.28. The smallest absolute Gasteiger partial charge is 0.191 e. The molecule has 1 aromatic heterocycles. The first-order valence-electron chi connectivity index (χ1n) is 8.81. The summed E-state index contributed by atoms with van der Waals surface area (Å²) < 4.78 is 24.0. The van der Waals surface area contributed by atoms with Crippen LogP contribution in [0.4, 0.5) is 4.39 Å². The van der Waals surface area contributed by atoms with Gasteiger partial charge in [-0.1, -0.05) is 31.1 Å². The average molecular weight is 490 g/mol. The second-order valence-corrected chi connectivity index (χ2v) is 5.82. The van der Waals surface area contributed by atoms with Crippen LogP contribution < -0.4 is 10.6 Å². The molecule has 2 rings (SSSR count). The van der Waals surface area contributed by atoms with E-state index in [2.05, 4.69) is 27.7 Å². The van der Waals surface area contributed by atoms with Crippen LogP contribution in [0.2, 0.25) is 0 Å². The van der Waals surface area contributed by atoms with Gasteiger partial charge in [0.15, 0.2) is 5.96 Å². The number of nitrogens with one attached hydrogen (secondary N) is 2. The first kappa shape index (κ1) is 23.4. The summed E-state index contributed by atoms with van der Waals surface area (Å²) in [5, 5.41) is 10.6. The minimum atomic E-state index is -0.263. The first-order valence-corrected chi connectivity index (χ1v) is 8.81. The van der Waals surface area contributed by atoms with Crippen molar-refractivity contribution in [3.05, 3.63) is 52.7 Å². The Hall–Kier alpha value is -1.68. The minimum absolute atomic E-state index is 0. The van der Waals surface area contributed by atoms with E-state index < -0.39 is 0 Å². The highest BCUT2D eigenvalue weighted by molar-refractivity contribution is 14.0. The molecule has 0 radical (unpaired) electrons. The highest BCUT2D eigenvalue weighted by Gasteiger charge is 2.15. The number of rotatable bonds is 8. The van der Waals surface area contributed by atoms with Crippen molar-refractivity contribution in [3.8, 4) is 0 Å². The van der Waals surface area contributed by atoms with Crippen LogP contribution in [0.3, 0.4) is 0 Å². The second kappa shape index (κ2) is 11.9. The van der Waals surface area contributed by atoms with Crippen LogP contribution in [0.5, 0.6) is 0 Å². The molecule has 0 saturated carbocycles. The number of aryl methyl sites for hydroxylation is 2. The average Bonchev–Trinajstić information content (AvgIpc) is 3.07. The van der Waals surface area contributed by atoms with Crippen molar-refractivity contribution < 1.29 is 13.7 Å². The molecule has 1 heterocycles. The van der Waals surface area contributed by atoms with Crippen molar-refractivity contribution in [1.82, 2.24) is 15.8 Å². The number of aromatic nitrogens is 1. The number of hydrogen-bond donors (Lipinski definition) is 2. The van der Waals surface area contributed by atoms with E-state index in [-0.39, 0.29) is 35.9 Å². The van der Waals surface area contributed by atoms with Gasteiger partial charge in [-0.3, -0.25) is 4.99 Å². The van der Waals surface area contributed by atoms with Crippen molar-refractivity contribution in [1.29, 1.82) is 0 Å². The molecule has 0 aliphatic heterocycles. The molecule has 0 bridgehead atoms. The van der Waals surface area contributed by atoms with Gasteiger partial charge in [-0.15, -0.1) is 24.0 Å². The van der Waals surface area contributed by atoms with E-state index in [4.69, 9.17) is 9.26 Å². The van der Waals surface area contributed by atoms with Gasteiger partial charge in [0.1, 0.15) is 11.6 Å². The Morgan fingerprint density at radius 2 is 1.93 bits per heavy atom. The lowest BCUT2D eigenvalue weighted by atomic mass is 10.1. The highest BCUT2D eigenvalue weighted by Crippen LogP contribution is 2.17. The molecule has 0 fully saturated rings. The third-order valence-electron chi connectivity index (χ3n) is 4.24. The fraction of sp³-hybridized carbons (Fsp3) is 0.474. The maximum atomic E-state index is 13.1. The Morgan fingerprint density at radius 1 is 1.22 bits per heavy atom. The molecular weight excluding hydrogens is 462 g/mol. The van der Waals surface area contributed by atoms with E-state index in [1.165, 1.54) is 12.1 Å². The number of aliphatic imine (C=N–C) groups is 1. The highest BCUT2D eigenvalue weighted by atomic mass is 127. The van der Waals surface area contributed by atoms with Crippen LogP contribution in [0, 0.1) is 5.82 Å². The van der Waals surface area contributed by atoms with Crippen LogP contribution in [-0.4, -0.2) is 31.8 Å². The summed E-state index contributed by atoms with van der Waals surface area (Å²) in [6.07, 6.45) is 1.41. The maximum Gasteiger partial charge on any atom is 0.191 e. The molecule has 0 spiro atoms. The molecule has 0 aliphatic rings. The second-order valence-electron chi connectivity index (χ2n) is 5.82. The number of halogens is 2. The van der Waals surface area contributed by atoms with Gasteiger partial charge < -0.3 is 19.9 Å². The van der Waals surface area contributed by atoms with Crippen molar-refractivity contribution in [2.24, 2.45) is 4.99 Å². The SMILES string of the molecule is CCc1noc(CC)c1CNC(=NC)NCC(OC)c1ccc(F)cc1.I. The van der Waals surface area contributed by atoms with Crippen molar-refractivity contribution in [3.63, 3.8) is 0 Å². The van der Waals surface area contributed by atoms with Gasteiger partial charge >= 0.3 is 0 Å². The molecule has 1 aromatic carbocycles. The number of hydrogen-bond acceptors (Lipinski definition) is 4. The Labute approximate surface area is 177 Å². The topological polar surface area (TPSA) is 71.7 Å². The van der Waals surface area contributed by atoms with E-state index in [1.807, 2.05) is 6.92 Å². The van der Waals surface area contributed by atoms with Crippen LogP contribution in [0.1, 0.15) is 42.5 Å². The fourth-order valence-electron chi connectivity index (χ4n) is 2.73. The number of benzene rings is 1. The summed E-state index contributed by atoms with van der Waals surface area (Å²) in [7, 11) is 3.34. The fourth-order valence-corrected chi connectivity index (χ4v) is 2.73. The summed E-state index contributed by atoms with van der Waals surface area (Å²) in [6.45, 7) is 5.19. The third kappa shape index (κ3) is 6.46. The quantitative estimate of drug-likeness (QED) is 0.336. The molecule has 1 unspecified atom stereocenters. The normalized spacial score (nSPS) is 12.4. The lowest BCUT2D eigenvalue weighted by Crippen LogP contribution is -2.39. The van der Waals surface area contributed by atoms with Crippen molar-refractivity contribution >= 4 is 29.9 Å². The molecule has 2 aromatic rings.